The van der Waals surface area contributed by atoms with E-state index in [1.807, 2.05) is 24.9 Å². The zero-order valence-corrected chi connectivity index (χ0v) is 18.3. The topological polar surface area (TPSA) is 56.6 Å². The molecule has 0 saturated carbocycles. The van der Waals surface area contributed by atoms with E-state index < -0.39 is 0 Å². The summed E-state index contributed by atoms with van der Waals surface area (Å²) in [7, 11) is 3.70. The maximum atomic E-state index is 13.4. The number of ether oxygens (including phenoxy) is 2. The predicted octanol–water partition coefficient (Wildman–Crippen LogP) is 3.22. The highest BCUT2D eigenvalue weighted by molar-refractivity contribution is 6.02. The van der Waals surface area contributed by atoms with E-state index in [2.05, 4.69) is 28.8 Å². The summed E-state index contributed by atoms with van der Waals surface area (Å²) in [6.45, 7) is 3.29. The summed E-state index contributed by atoms with van der Waals surface area (Å²) in [5, 5.41) is 0. The second-order valence-corrected chi connectivity index (χ2v) is 9.29. The average molecular weight is 418 g/mol. The number of aryl methyl sites for hydroxylation is 2. The lowest BCUT2D eigenvalue weighted by molar-refractivity contribution is -0.0193. The quantitative estimate of drug-likeness (QED) is 0.643. The second-order valence-electron chi connectivity index (χ2n) is 9.29. The summed E-state index contributed by atoms with van der Waals surface area (Å²) in [5.41, 5.74) is 6.10. The summed E-state index contributed by atoms with van der Waals surface area (Å²) in [6, 6.07) is 10.6. The van der Waals surface area contributed by atoms with E-state index in [1.54, 1.807) is 7.11 Å². The van der Waals surface area contributed by atoms with Gasteiger partial charge in [-0.1, -0.05) is 24.3 Å². The molecular formula is C25H27N3O3. The Balaban J connectivity index is 1.44. The molecular weight excluding hydrogens is 390 g/mol. The Kier molecular flexibility index (Phi) is 4.00. The second kappa shape index (κ2) is 6.57. The van der Waals surface area contributed by atoms with Crippen molar-refractivity contribution in [3.63, 3.8) is 0 Å². The molecule has 3 aliphatic rings. The number of hydrogen-bond acceptors (Lipinski definition) is 4. The zero-order chi connectivity index (χ0) is 21.3. The van der Waals surface area contributed by atoms with E-state index in [-0.39, 0.29) is 17.6 Å². The fourth-order valence-electron chi connectivity index (χ4n) is 5.45. The molecule has 1 fully saturated rings. The van der Waals surface area contributed by atoms with Gasteiger partial charge in [-0.3, -0.25) is 4.79 Å². The largest absolute Gasteiger partial charge is 0.484 e. The third-order valence-electron chi connectivity index (χ3n) is 7.45. The number of imidazole rings is 1. The summed E-state index contributed by atoms with van der Waals surface area (Å²) in [6.07, 6.45) is 3.70. The van der Waals surface area contributed by atoms with Crippen LogP contribution < -0.4 is 4.74 Å². The van der Waals surface area contributed by atoms with E-state index in [1.165, 1.54) is 11.1 Å². The number of methoxy groups -OCH3 is 1. The monoisotopic (exact) mass is 417 g/mol. The van der Waals surface area contributed by atoms with Crippen molar-refractivity contribution in [2.45, 2.75) is 44.3 Å². The minimum absolute atomic E-state index is 0.0690. The molecule has 0 radical (unpaired) electrons. The van der Waals surface area contributed by atoms with Crippen molar-refractivity contribution < 1.29 is 14.3 Å². The van der Waals surface area contributed by atoms with Crippen LogP contribution in [0.25, 0.3) is 11.0 Å². The standard InChI is InChI=1S/C25H27N3O3/c1-15-26-22-21(27(15)2)10-20(24(29)28-13-18(14-28)30-3)19-8-9-25(31-23(19)22)11-16-6-4-5-7-17(16)12-25/h4-7,10,18H,8-9,11-14H2,1-3H3. The van der Waals surface area contributed by atoms with Gasteiger partial charge in [-0.05, 0) is 37.0 Å². The number of hydrogen-bond donors (Lipinski definition) is 0. The minimum atomic E-state index is -0.241. The summed E-state index contributed by atoms with van der Waals surface area (Å²) >= 11 is 0. The summed E-state index contributed by atoms with van der Waals surface area (Å²) < 4.78 is 14.3. The number of aromatic nitrogens is 2. The van der Waals surface area contributed by atoms with Gasteiger partial charge in [0.1, 0.15) is 16.9 Å². The van der Waals surface area contributed by atoms with Gasteiger partial charge >= 0.3 is 0 Å². The van der Waals surface area contributed by atoms with Crippen LogP contribution in [0, 0.1) is 6.92 Å². The van der Waals surface area contributed by atoms with Crippen molar-refractivity contribution in [2.24, 2.45) is 7.05 Å². The Morgan fingerprint density at radius 1 is 1.23 bits per heavy atom. The van der Waals surface area contributed by atoms with Crippen LogP contribution in [-0.4, -0.2) is 52.3 Å². The fourth-order valence-corrected chi connectivity index (χ4v) is 5.45. The molecule has 6 nitrogen and oxygen atoms in total. The van der Waals surface area contributed by atoms with E-state index >= 15 is 0 Å². The van der Waals surface area contributed by atoms with Crippen LogP contribution in [-0.2, 0) is 31.0 Å². The van der Waals surface area contributed by atoms with Crippen LogP contribution in [0.4, 0.5) is 0 Å². The molecule has 1 spiro atoms. The Morgan fingerprint density at radius 3 is 2.61 bits per heavy atom. The molecule has 3 aromatic rings. The summed E-state index contributed by atoms with van der Waals surface area (Å²) in [5.74, 6) is 1.80. The predicted molar refractivity (Wildman–Crippen MR) is 118 cm³/mol. The molecule has 6 heteroatoms. The van der Waals surface area contributed by atoms with Gasteiger partial charge in [-0.15, -0.1) is 0 Å². The molecule has 1 saturated heterocycles. The van der Waals surface area contributed by atoms with E-state index in [0.717, 1.165) is 59.4 Å². The highest BCUT2D eigenvalue weighted by Crippen LogP contribution is 2.46. The van der Waals surface area contributed by atoms with Gasteiger partial charge in [0.25, 0.3) is 5.91 Å². The van der Waals surface area contributed by atoms with Crippen LogP contribution >= 0.6 is 0 Å². The van der Waals surface area contributed by atoms with E-state index in [9.17, 15) is 4.79 Å². The minimum Gasteiger partial charge on any atom is -0.484 e. The van der Waals surface area contributed by atoms with Crippen molar-refractivity contribution in [2.75, 3.05) is 20.2 Å². The number of benzene rings is 2. The van der Waals surface area contributed by atoms with Crippen molar-refractivity contribution in [3.05, 3.63) is 58.4 Å². The number of amides is 1. The number of carbonyl (C=O) groups excluding carboxylic acids is 1. The van der Waals surface area contributed by atoms with Crippen molar-refractivity contribution in [3.8, 4) is 5.75 Å². The first-order valence-corrected chi connectivity index (χ1v) is 11.0. The number of nitrogens with zero attached hydrogens (tertiary/aromatic N) is 3. The van der Waals surface area contributed by atoms with Gasteiger partial charge in [-0.25, -0.2) is 4.98 Å². The molecule has 6 rings (SSSR count). The highest BCUT2D eigenvalue weighted by atomic mass is 16.5. The Morgan fingerprint density at radius 2 is 1.94 bits per heavy atom. The summed E-state index contributed by atoms with van der Waals surface area (Å²) in [4.78, 5) is 20.1. The van der Waals surface area contributed by atoms with E-state index in [4.69, 9.17) is 14.5 Å². The third kappa shape index (κ3) is 2.74. The van der Waals surface area contributed by atoms with Gasteiger partial charge < -0.3 is 18.9 Å². The maximum absolute atomic E-state index is 13.4. The number of carbonyl (C=O) groups is 1. The number of rotatable bonds is 2. The first-order chi connectivity index (χ1) is 15.0. The Bertz CT molecular complexity index is 1200. The lowest BCUT2D eigenvalue weighted by atomic mass is 9.86. The third-order valence-corrected chi connectivity index (χ3v) is 7.45. The molecule has 1 aromatic heterocycles. The van der Waals surface area contributed by atoms with Gasteiger partial charge in [0, 0.05) is 51.2 Å². The van der Waals surface area contributed by atoms with E-state index in [0.29, 0.717) is 13.1 Å². The zero-order valence-electron chi connectivity index (χ0n) is 18.3. The Hall–Kier alpha value is -2.86. The smallest absolute Gasteiger partial charge is 0.254 e. The number of likely N-dealkylation sites (tertiary alicyclic amines) is 1. The molecule has 31 heavy (non-hydrogen) atoms. The molecule has 3 heterocycles. The van der Waals surface area contributed by atoms with Gasteiger partial charge in [0.15, 0.2) is 5.75 Å². The molecule has 2 aliphatic heterocycles. The van der Waals surface area contributed by atoms with Crippen molar-refractivity contribution in [1.82, 2.24) is 14.5 Å². The first kappa shape index (κ1) is 18.9. The van der Waals surface area contributed by atoms with Crippen molar-refractivity contribution in [1.29, 1.82) is 0 Å². The van der Waals surface area contributed by atoms with Crippen LogP contribution in [0.1, 0.15) is 39.3 Å². The first-order valence-electron chi connectivity index (χ1n) is 11.0. The van der Waals surface area contributed by atoms with Crippen molar-refractivity contribution >= 4 is 16.9 Å². The highest BCUT2D eigenvalue weighted by Gasteiger charge is 2.44. The lowest BCUT2D eigenvalue weighted by Crippen LogP contribution is -2.54. The molecule has 160 valence electrons. The Labute approximate surface area is 181 Å². The molecule has 2 aromatic carbocycles. The fraction of sp³-hybridized carbons (Fsp3) is 0.440. The molecule has 1 aliphatic carbocycles. The molecule has 0 unspecified atom stereocenters. The molecule has 0 atom stereocenters. The average Bonchev–Trinajstić information content (AvgIpc) is 3.23. The number of fused-ring (bicyclic) bond motifs is 4. The molecule has 0 bridgehead atoms. The lowest BCUT2D eigenvalue weighted by Gasteiger charge is -2.40. The maximum Gasteiger partial charge on any atom is 0.254 e. The normalized spacial score (nSPS) is 19.3. The van der Waals surface area contributed by atoms with Gasteiger partial charge in [0.05, 0.1) is 11.6 Å². The van der Waals surface area contributed by atoms with Crippen LogP contribution in [0.3, 0.4) is 0 Å². The van der Waals surface area contributed by atoms with Crippen LogP contribution in [0.15, 0.2) is 30.3 Å². The molecule has 0 N–H and O–H groups in total. The SMILES string of the molecule is COC1CN(C(=O)c2cc3c(nc(C)n3C)c3c2CCC2(Cc4ccccc4C2)O3)C1. The van der Waals surface area contributed by atoms with Crippen LogP contribution in [0.5, 0.6) is 5.75 Å². The van der Waals surface area contributed by atoms with Crippen LogP contribution in [0.2, 0.25) is 0 Å². The van der Waals surface area contributed by atoms with Gasteiger partial charge in [-0.2, -0.15) is 0 Å². The van der Waals surface area contributed by atoms with Gasteiger partial charge in [0.2, 0.25) is 0 Å². The molecule has 1 amide bonds.